The first kappa shape index (κ1) is 11.7. The lowest BCUT2D eigenvalue weighted by atomic mass is 10.1. The van der Waals surface area contributed by atoms with E-state index in [1.54, 1.807) is 0 Å². The van der Waals surface area contributed by atoms with Gasteiger partial charge in [-0.3, -0.25) is 0 Å². The molecule has 0 radical (unpaired) electrons. The molecule has 0 amide bonds. The Morgan fingerprint density at radius 2 is 2.22 bits per heavy atom. The Balaban J connectivity index is 1.94. The van der Waals surface area contributed by atoms with Gasteiger partial charge in [0.2, 0.25) is 0 Å². The number of nitrogens with zero attached hydrogens (tertiary/aromatic N) is 2. The number of benzene rings is 1. The Bertz CT molecular complexity index is 577. The summed E-state index contributed by atoms with van der Waals surface area (Å²) >= 11 is 6.23. The molecule has 1 atom stereocenters. The first-order valence-corrected chi connectivity index (χ1v) is 6.39. The van der Waals surface area contributed by atoms with Gasteiger partial charge in [0.25, 0.3) is 5.89 Å². The van der Waals surface area contributed by atoms with E-state index < -0.39 is 0 Å². The molecule has 1 fully saturated rings. The molecule has 1 aliphatic carbocycles. The van der Waals surface area contributed by atoms with Crippen LogP contribution in [0.3, 0.4) is 0 Å². The molecule has 0 saturated heterocycles. The van der Waals surface area contributed by atoms with E-state index in [9.17, 15) is 0 Å². The van der Waals surface area contributed by atoms with E-state index in [-0.39, 0.29) is 6.04 Å². The van der Waals surface area contributed by atoms with Gasteiger partial charge in [0.15, 0.2) is 5.82 Å². The maximum atomic E-state index is 6.23. The summed E-state index contributed by atoms with van der Waals surface area (Å²) in [5.74, 6) is 1.52. The fourth-order valence-corrected chi connectivity index (χ4v) is 2.17. The molecule has 1 saturated carbocycles. The lowest BCUT2D eigenvalue weighted by Crippen LogP contribution is -2.13. The summed E-state index contributed by atoms with van der Waals surface area (Å²) in [5.41, 5.74) is 7.79. The van der Waals surface area contributed by atoms with Crippen molar-refractivity contribution in [3.8, 4) is 11.5 Å². The van der Waals surface area contributed by atoms with Gasteiger partial charge in [-0.2, -0.15) is 4.98 Å². The summed E-state index contributed by atoms with van der Waals surface area (Å²) in [5, 5.41) is 4.60. The fraction of sp³-hybridized carbons (Fsp3) is 0.385. The SMILES string of the molecule is Cc1cccc(-c2nc(C(N)C3CC3)no2)c1Cl. The second-order valence-electron chi connectivity index (χ2n) is 4.76. The zero-order valence-electron chi connectivity index (χ0n) is 10.1. The van der Waals surface area contributed by atoms with Crippen molar-refractivity contribution in [3.05, 3.63) is 34.6 Å². The monoisotopic (exact) mass is 263 g/mol. The van der Waals surface area contributed by atoms with Crippen LogP contribution in [0.25, 0.3) is 11.5 Å². The van der Waals surface area contributed by atoms with Crippen LogP contribution in [0.5, 0.6) is 0 Å². The first-order chi connectivity index (χ1) is 8.66. The summed E-state index contributed by atoms with van der Waals surface area (Å²) in [6, 6.07) is 5.61. The second kappa shape index (κ2) is 4.37. The lowest BCUT2D eigenvalue weighted by molar-refractivity contribution is 0.411. The molecule has 0 aliphatic heterocycles. The fourth-order valence-electron chi connectivity index (χ4n) is 1.96. The molecule has 18 heavy (non-hydrogen) atoms. The van der Waals surface area contributed by atoms with Crippen molar-refractivity contribution in [2.45, 2.75) is 25.8 Å². The molecule has 1 aromatic carbocycles. The molecular weight excluding hydrogens is 250 g/mol. The maximum absolute atomic E-state index is 6.23. The number of rotatable bonds is 3. The number of hydrogen-bond acceptors (Lipinski definition) is 4. The van der Waals surface area contributed by atoms with Crippen LogP contribution in [0.1, 0.15) is 30.3 Å². The average Bonchev–Trinajstić information content (AvgIpc) is 3.10. The van der Waals surface area contributed by atoms with Crippen molar-refractivity contribution in [2.75, 3.05) is 0 Å². The Kier molecular flexibility index (Phi) is 2.84. The lowest BCUT2D eigenvalue weighted by Gasteiger charge is -2.03. The van der Waals surface area contributed by atoms with Crippen LogP contribution >= 0.6 is 11.6 Å². The van der Waals surface area contributed by atoms with Crippen LogP contribution < -0.4 is 5.73 Å². The summed E-state index contributed by atoms with van der Waals surface area (Å²) in [6.45, 7) is 1.94. The number of nitrogens with two attached hydrogens (primary N) is 1. The number of aromatic nitrogens is 2. The second-order valence-corrected chi connectivity index (χ2v) is 5.14. The summed E-state index contributed by atoms with van der Waals surface area (Å²) in [4.78, 5) is 4.36. The van der Waals surface area contributed by atoms with E-state index in [2.05, 4.69) is 10.1 Å². The molecule has 1 unspecified atom stereocenters. The largest absolute Gasteiger partial charge is 0.334 e. The van der Waals surface area contributed by atoms with E-state index in [0.717, 1.165) is 24.0 Å². The highest BCUT2D eigenvalue weighted by Gasteiger charge is 2.32. The molecule has 4 nitrogen and oxygen atoms in total. The molecule has 1 aromatic heterocycles. The number of aryl methyl sites for hydroxylation is 1. The third-order valence-corrected chi connectivity index (χ3v) is 3.79. The van der Waals surface area contributed by atoms with E-state index >= 15 is 0 Å². The zero-order valence-corrected chi connectivity index (χ0v) is 10.8. The first-order valence-electron chi connectivity index (χ1n) is 6.01. The van der Waals surface area contributed by atoms with Crippen LogP contribution in [-0.2, 0) is 0 Å². The van der Waals surface area contributed by atoms with E-state index in [1.165, 1.54) is 0 Å². The molecule has 94 valence electrons. The zero-order chi connectivity index (χ0) is 12.7. The van der Waals surface area contributed by atoms with Gasteiger partial charge in [0, 0.05) is 0 Å². The Morgan fingerprint density at radius 3 is 2.94 bits per heavy atom. The van der Waals surface area contributed by atoms with Gasteiger partial charge in [-0.1, -0.05) is 28.9 Å². The van der Waals surface area contributed by atoms with Crippen molar-refractivity contribution in [1.29, 1.82) is 0 Å². The Morgan fingerprint density at radius 1 is 1.44 bits per heavy atom. The highest BCUT2D eigenvalue weighted by molar-refractivity contribution is 6.33. The van der Waals surface area contributed by atoms with Crippen molar-refractivity contribution >= 4 is 11.6 Å². The molecule has 2 aromatic rings. The minimum absolute atomic E-state index is 0.119. The average molecular weight is 264 g/mol. The Labute approximate surface area is 110 Å². The third kappa shape index (κ3) is 2.02. The molecule has 3 rings (SSSR count). The molecule has 1 heterocycles. The molecule has 0 bridgehead atoms. The van der Waals surface area contributed by atoms with Crippen molar-refractivity contribution in [3.63, 3.8) is 0 Å². The minimum Gasteiger partial charge on any atom is -0.334 e. The molecule has 5 heteroatoms. The van der Waals surface area contributed by atoms with Crippen LogP contribution in [0.2, 0.25) is 5.02 Å². The predicted molar refractivity (Wildman–Crippen MR) is 69.1 cm³/mol. The van der Waals surface area contributed by atoms with Gasteiger partial charge < -0.3 is 10.3 Å². The van der Waals surface area contributed by atoms with Gasteiger partial charge in [-0.15, -0.1) is 0 Å². The normalized spacial score (nSPS) is 16.8. The van der Waals surface area contributed by atoms with Crippen LogP contribution in [0.15, 0.2) is 22.7 Å². The van der Waals surface area contributed by atoms with E-state index in [1.807, 2.05) is 25.1 Å². The summed E-state index contributed by atoms with van der Waals surface area (Å²) in [7, 11) is 0. The molecular formula is C13H14ClN3O. The van der Waals surface area contributed by atoms with E-state index in [0.29, 0.717) is 22.7 Å². The summed E-state index contributed by atoms with van der Waals surface area (Å²) < 4.78 is 5.26. The van der Waals surface area contributed by atoms with Crippen molar-refractivity contribution < 1.29 is 4.52 Å². The van der Waals surface area contributed by atoms with E-state index in [4.69, 9.17) is 21.9 Å². The quantitative estimate of drug-likeness (QED) is 0.924. The van der Waals surface area contributed by atoms with Gasteiger partial charge in [0.1, 0.15) is 0 Å². The smallest absolute Gasteiger partial charge is 0.259 e. The molecule has 1 aliphatic rings. The number of hydrogen-bond donors (Lipinski definition) is 1. The standard InChI is InChI=1S/C13H14ClN3O/c1-7-3-2-4-9(10(7)14)13-16-12(17-18-13)11(15)8-5-6-8/h2-4,8,11H,5-6,15H2,1H3. The molecule has 0 spiro atoms. The van der Waals surface area contributed by atoms with Gasteiger partial charge in [-0.25, -0.2) is 0 Å². The highest BCUT2D eigenvalue weighted by atomic mass is 35.5. The van der Waals surface area contributed by atoms with Crippen LogP contribution in [-0.4, -0.2) is 10.1 Å². The van der Waals surface area contributed by atoms with Crippen LogP contribution in [0, 0.1) is 12.8 Å². The van der Waals surface area contributed by atoms with Gasteiger partial charge in [-0.05, 0) is 37.3 Å². The van der Waals surface area contributed by atoms with Crippen molar-refractivity contribution in [2.24, 2.45) is 11.7 Å². The highest BCUT2D eigenvalue weighted by Crippen LogP contribution is 2.39. The van der Waals surface area contributed by atoms with Gasteiger partial charge >= 0.3 is 0 Å². The Hall–Kier alpha value is -1.39. The predicted octanol–water partition coefficient (Wildman–Crippen LogP) is 3.11. The van der Waals surface area contributed by atoms with Gasteiger partial charge in [0.05, 0.1) is 16.6 Å². The number of halogens is 1. The molecule has 2 N–H and O–H groups in total. The minimum atomic E-state index is -0.119. The maximum Gasteiger partial charge on any atom is 0.259 e. The van der Waals surface area contributed by atoms with Crippen LogP contribution in [0.4, 0.5) is 0 Å². The third-order valence-electron chi connectivity index (χ3n) is 3.29. The summed E-state index contributed by atoms with van der Waals surface area (Å²) in [6.07, 6.45) is 2.30. The van der Waals surface area contributed by atoms with Crippen molar-refractivity contribution in [1.82, 2.24) is 10.1 Å². The topological polar surface area (TPSA) is 64.9 Å².